The highest BCUT2D eigenvalue weighted by Gasteiger charge is 2.17. The summed E-state index contributed by atoms with van der Waals surface area (Å²) in [6.45, 7) is 0.252. The van der Waals surface area contributed by atoms with E-state index in [1.165, 1.54) is 22.5 Å². The fourth-order valence-corrected chi connectivity index (χ4v) is 3.94. The van der Waals surface area contributed by atoms with Crippen LogP contribution in [0.3, 0.4) is 0 Å². The molecule has 6 heteroatoms. The van der Waals surface area contributed by atoms with Gasteiger partial charge in [0.2, 0.25) is 0 Å². The van der Waals surface area contributed by atoms with E-state index in [1.54, 1.807) is 11.7 Å². The minimum absolute atomic E-state index is 0.00739. The molecule has 0 aliphatic heterocycles. The van der Waals surface area contributed by atoms with Gasteiger partial charge < -0.3 is 15.4 Å². The Bertz CT molecular complexity index is 857. The van der Waals surface area contributed by atoms with Gasteiger partial charge in [0.05, 0.1) is 10.4 Å². The predicted molar refractivity (Wildman–Crippen MR) is 122 cm³/mol. The van der Waals surface area contributed by atoms with E-state index in [0.29, 0.717) is 6.04 Å². The zero-order valence-corrected chi connectivity index (χ0v) is 18.1. The molecule has 158 valence electrons. The Morgan fingerprint density at radius 1 is 0.967 bits per heavy atom. The topological polar surface area (TPSA) is 63.2 Å². The van der Waals surface area contributed by atoms with Crippen LogP contribution in [0.15, 0.2) is 72.4 Å². The molecule has 3 rings (SSSR count). The van der Waals surface area contributed by atoms with Crippen LogP contribution >= 0.6 is 11.3 Å². The largest absolute Gasteiger partial charge is 0.444 e. The number of alkyl carbamates (subject to hydrolysis) is 1. The number of carbonyl (C=O) groups is 1. The molecule has 0 radical (unpaired) electrons. The maximum Gasteiger partial charge on any atom is 0.407 e. The summed E-state index contributed by atoms with van der Waals surface area (Å²) in [6.07, 6.45) is 4.90. The van der Waals surface area contributed by atoms with Crippen LogP contribution in [0.25, 0.3) is 0 Å². The van der Waals surface area contributed by atoms with E-state index < -0.39 is 0 Å². The van der Waals surface area contributed by atoms with Gasteiger partial charge >= 0.3 is 6.09 Å². The molecule has 0 saturated heterocycles. The number of amides is 1. The molecule has 0 fully saturated rings. The number of hydrogen-bond donors (Lipinski definition) is 2. The molecule has 3 aromatic rings. The van der Waals surface area contributed by atoms with Gasteiger partial charge in [-0.2, -0.15) is 0 Å². The van der Waals surface area contributed by atoms with Gasteiger partial charge in [-0.05, 0) is 43.9 Å². The molecular formula is C24H29N3O2S. The van der Waals surface area contributed by atoms with E-state index in [2.05, 4.69) is 52.0 Å². The third-order valence-electron chi connectivity index (χ3n) is 5.07. The van der Waals surface area contributed by atoms with Gasteiger partial charge in [0, 0.05) is 18.3 Å². The normalized spacial score (nSPS) is 12.8. The van der Waals surface area contributed by atoms with Crippen molar-refractivity contribution in [1.82, 2.24) is 15.6 Å². The summed E-state index contributed by atoms with van der Waals surface area (Å²) in [5.41, 5.74) is 4.25. The van der Waals surface area contributed by atoms with Crippen LogP contribution in [0.2, 0.25) is 0 Å². The van der Waals surface area contributed by atoms with Crippen molar-refractivity contribution in [3.05, 3.63) is 88.4 Å². The first kappa shape index (κ1) is 22.0. The van der Waals surface area contributed by atoms with E-state index in [4.69, 9.17) is 4.74 Å². The summed E-state index contributed by atoms with van der Waals surface area (Å²) in [7, 11) is 2.00. The van der Waals surface area contributed by atoms with E-state index in [-0.39, 0.29) is 18.7 Å². The lowest BCUT2D eigenvalue weighted by atomic mass is 9.96. The number of rotatable bonds is 11. The van der Waals surface area contributed by atoms with E-state index in [1.807, 2.05) is 31.3 Å². The lowest BCUT2D eigenvalue weighted by molar-refractivity contribution is 0.135. The Hall–Kier alpha value is -2.70. The smallest absolute Gasteiger partial charge is 0.407 e. The molecule has 0 aliphatic carbocycles. The van der Waals surface area contributed by atoms with Crippen LogP contribution in [-0.2, 0) is 24.2 Å². The molecule has 0 saturated carbocycles. The number of nitrogens with one attached hydrogen (secondary N) is 2. The number of likely N-dealkylation sites (N-methyl/N-ethyl adjacent to an activating group) is 1. The summed E-state index contributed by atoms with van der Waals surface area (Å²) in [5.74, 6) is 0. The number of carbonyl (C=O) groups excluding carboxylic acids is 1. The lowest BCUT2D eigenvalue weighted by Gasteiger charge is -2.22. The summed E-state index contributed by atoms with van der Waals surface area (Å²) < 4.78 is 5.39. The second kappa shape index (κ2) is 12.1. The Labute approximate surface area is 182 Å². The number of nitrogens with zero attached hydrogens (tertiary/aromatic N) is 1. The van der Waals surface area contributed by atoms with Crippen molar-refractivity contribution < 1.29 is 9.53 Å². The molecule has 1 aromatic heterocycles. The molecule has 1 heterocycles. The minimum atomic E-state index is -0.381. The van der Waals surface area contributed by atoms with Crippen molar-refractivity contribution in [3.63, 3.8) is 0 Å². The van der Waals surface area contributed by atoms with E-state index >= 15 is 0 Å². The predicted octanol–water partition coefficient (Wildman–Crippen LogP) is 4.59. The number of thiazole rings is 1. The van der Waals surface area contributed by atoms with E-state index in [0.717, 1.165) is 30.6 Å². The number of benzene rings is 2. The summed E-state index contributed by atoms with van der Waals surface area (Å²) in [6, 6.07) is 21.1. The van der Waals surface area contributed by atoms with Gasteiger partial charge in [-0.25, -0.2) is 4.79 Å². The first-order valence-corrected chi connectivity index (χ1v) is 11.2. The maximum absolute atomic E-state index is 12.4. The van der Waals surface area contributed by atoms with Gasteiger partial charge in [0.1, 0.15) is 6.61 Å². The number of hydrogen-bond acceptors (Lipinski definition) is 5. The molecular weight excluding hydrogens is 394 g/mol. The Balaban J connectivity index is 1.56. The van der Waals surface area contributed by atoms with Gasteiger partial charge in [0.25, 0.3) is 0 Å². The molecule has 2 aromatic carbocycles. The second-order valence-corrected chi connectivity index (χ2v) is 8.30. The van der Waals surface area contributed by atoms with Crippen LogP contribution in [0.5, 0.6) is 0 Å². The summed E-state index contributed by atoms with van der Waals surface area (Å²) in [5, 5.41) is 6.48. The van der Waals surface area contributed by atoms with Crippen LogP contribution in [0.4, 0.5) is 4.79 Å². The first-order valence-electron chi connectivity index (χ1n) is 10.3. The first-order chi connectivity index (χ1) is 14.7. The van der Waals surface area contributed by atoms with Crippen molar-refractivity contribution in [1.29, 1.82) is 0 Å². The fourth-order valence-electron chi connectivity index (χ4n) is 3.43. The van der Waals surface area contributed by atoms with Crippen LogP contribution in [0, 0.1) is 0 Å². The zero-order chi connectivity index (χ0) is 21.0. The Morgan fingerprint density at radius 3 is 2.13 bits per heavy atom. The maximum atomic E-state index is 12.4. The SMILES string of the molecule is CN[C@H](CC[C@H](Cc1ccccc1)NC(=O)OCc1cncs1)Cc1ccccc1. The number of aromatic nitrogens is 1. The van der Waals surface area contributed by atoms with Crippen molar-refractivity contribution in [2.75, 3.05) is 7.05 Å². The quantitative estimate of drug-likeness (QED) is 0.473. The van der Waals surface area contributed by atoms with Gasteiger partial charge in [-0.15, -0.1) is 11.3 Å². The molecule has 0 unspecified atom stereocenters. The molecule has 0 bridgehead atoms. The van der Waals surface area contributed by atoms with Crippen LogP contribution < -0.4 is 10.6 Å². The lowest BCUT2D eigenvalue weighted by Crippen LogP contribution is -2.38. The Morgan fingerprint density at radius 2 is 1.57 bits per heavy atom. The van der Waals surface area contributed by atoms with E-state index in [9.17, 15) is 4.79 Å². The highest BCUT2D eigenvalue weighted by molar-refractivity contribution is 7.09. The fraction of sp³-hybridized carbons (Fsp3) is 0.333. The van der Waals surface area contributed by atoms with Crippen LogP contribution in [-0.4, -0.2) is 30.2 Å². The van der Waals surface area contributed by atoms with Gasteiger partial charge in [0.15, 0.2) is 0 Å². The third-order valence-corrected chi connectivity index (χ3v) is 5.83. The Kier molecular flexibility index (Phi) is 8.87. The van der Waals surface area contributed by atoms with Gasteiger partial charge in [-0.3, -0.25) is 4.98 Å². The van der Waals surface area contributed by atoms with Crippen molar-refractivity contribution in [2.45, 2.75) is 44.4 Å². The molecule has 2 atom stereocenters. The molecule has 30 heavy (non-hydrogen) atoms. The molecule has 5 nitrogen and oxygen atoms in total. The minimum Gasteiger partial charge on any atom is -0.444 e. The molecule has 0 aliphatic rings. The highest BCUT2D eigenvalue weighted by atomic mass is 32.1. The summed E-state index contributed by atoms with van der Waals surface area (Å²) in [4.78, 5) is 17.3. The monoisotopic (exact) mass is 423 g/mol. The molecule has 0 spiro atoms. The highest BCUT2D eigenvalue weighted by Crippen LogP contribution is 2.13. The zero-order valence-electron chi connectivity index (χ0n) is 17.3. The van der Waals surface area contributed by atoms with Crippen molar-refractivity contribution in [2.24, 2.45) is 0 Å². The van der Waals surface area contributed by atoms with Crippen LogP contribution in [0.1, 0.15) is 28.8 Å². The number of ether oxygens (including phenoxy) is 1. The summed E-state index contributed by atoms with van der Waals surface area (Å²) >= 11 is 1.48. The third kappa shape index (κ3) is 7.61. The molecule has 1 amide bonds. The van der Waals surface area contributed by atoms with Gasteiger partial charge in [-0.1, -0.05) is 60.7 Å². The van der Waals surface area contributed by atoms with Crippen molar-refractivity contribution >= 4 is 17.4 Å². The van der Waals surface area contributed by atoms with Crippen molar-refractivity contribution in [3.8, 4) is 0 Å². The average Bonchev–Trinajstić information content (AvgIpc) is 3.30. The standard InChI is InChI=1S/C24H29N3O2S/c1-25-21(14-19-8-4-2-5-9-19)12-13-22(15-20-10-6-3-7-11-20)27-24(28)29-17-23-16-26-18-30-23/h2-11,16,18,21-22,25H,12-15,17H2,1H3,(H,27,28)/t21-,22-/m1/s1. The molecule has 2 N–H and O–H groups in total. The second-order valence-electron chi connectivity index (χ2n) is 7.33. The average molecular weight is 424 g/mol.